The quantitative estimate of drug-likeness (QED) is 0.905. The van der Waals surface area contributed by atoms with Gasteiger partial charge in [-0.25, -0.2) is 9.97 Å². The lowest BCUT2D eigenvalue weighted by molar-refractivity contribution is 1.01. The number of benzene rings is 1. The highest BCUT2D eigenvalue weighted by Gasteiger charge is 2.00. The molecule has 1 aromatic heterocycles. The highest BCUT2D eigenvalue weighted by Crippen LogP contribution is 2.17. The minimum Gasteiger partial charge on any atom is -0.326 e. The maximum absolute atomic E-state index is 5.47. The molecule has 0 aliphatic carbocycles. The van der Waals surface area contributed by atoms with E-state index in [-0.39, 0.29) is 0 Å². The summed E-state index contributed by atoms with van der Waals surface area (Å²) < 4.78 is 1.05. The van der Waals surface area contributed by atoms with Crippen LogP contribution in [0.3, 0.4) is 0 Å². The van der Waals surface area contributed by atoms with Crippen LogP contribution >= 0.6 is 15.9 Å². The van der Waals surface area contributed by atoms with Gasteiger partial charge in [-0.2, -0.15) is 0 Å². The highest BCUT2D eigenvalue weighted by molar-refractivity contribution is 9.10. The Kier molecular flexibility index (Phi) is 3.08. The second-order valence-electron chi connectivity index (χ2n) is 3.13. The number of halogens is 1. The van der Waals surface area contributed by atoms with Crippen LogP contribution in [0.25, 0.3) is 11.4 Å². The molecule has 0 aliphatic rings. The van der Waals surface area contributed by atoms with Crippen molar-refractivity contribution in [2.75, 3.05) is 0 Å². The maximum Gasteiger partial charge on any atom is 0.159 e. The lowest BCUT2D eigenvalue weighted by Crippen LogP contribution is -1.98. The molecule has 0 amide bonds. The molecule has 2 N–H and O–H groups in total. The molecule has 2 aromatic rings. The summed E-state index contributed by atoms with van der Waals surface area (Å²) >= 11 is 3.38. The molecule has 0 aliphatic heterocycles. The minimum absolute atomic E-state index is 0.473. The lowest BCUT2D eigenvalue weighted by Gasteiger charge is -2.00. The van der Waals surface area contributed by atoms with E-state index < -0.39 is 0 Å². The van der Waals surface area contributed by atoms with Crippen LogP contribution in [0.15, 0.2) is 41.1 Å². The fourth-order valence-electron chi connectivity index (χ4n) is 1.21. The molecule has 0 atom stereocenters. The predicted molar refractivity (Wildman–Crippen MR) is 63.1 cm³/mol. The number of nitrogens with two attached hydrogens (primary N) is 1. The van der Waals surface area contributed by atoms with Crippen LogP contribution in [0, 0.1) is 0 Å². The summed E-state index contributed by atoms with van der Waals surface area (Å²) in [7, 11) is 0. The van der Waals surface area contributed by atoms with E-state index in [9.17, 15) is 0 Å². The van der Waals surface area contributed by atoms with E-state index in [1.54, 1.807) is 12.4 Å². The predicted octanol–water partition coefficient (Wildman–Crippen LogP) is 2.36. The first-order valence-corrected chi connectivity index (χ1v) is 5.36. The van der Waals surface area contributed by atoms with Gasteiger partial charge >= 0.3 is 0 Å². The molecule has 0 fully saturated rings. The number of aromatic nitrogens is 2. The van der Waals surface area contributed by atoms with Gasteiger partial charge in [0.2, 0.25) is 0 Å². The van der Waals surface area contributed by atoms with E-state index in [2.05, 4.69) is 25.9 Å². The molecule has 76 valence electrons. The van der Waals surface area contributed by atoms with Crippen LogP contribution < -0.4 is 5.73 Å². The van der Waals surface area contributed by atoms with E-state index in [1.807, 2.05) is 24.3 Å². The third-order valence-electron chi connectivity index (χ3n) is 2.04. The van der Waals surface area contributed by atoms with Crippen molar-refractivity contribution in [1.82, 2.24) is 9.97 Å². The number of nitrogens with zero attached hydrogens (tertiary/aromatic N) is 2. The van der Waals surface area contributed by atoms with Gasteiger partial charge in [-0.15, -0.1) is 0 Å². The van der Waals surface area contributed by atoms with Crippen molar-refractivity contribution in [3.05, 3.63) is 46.7 Å². The Balaban J connectivity index is 2.33. The van der Waals surface area contributed by atoms with Crippen molar-refractivity contribution in [2.24, 2.45) is 5.73 Å². The second-order valence-corrected chi connectivity index (χ2v) is 4.04. The van der Waals surface area contributed by atoms with Gasteiger partial charge in [0, 0.05) is 34.5 Å². The van der Waals surface area contributed by atoms with Crippen LogP contribution in [0.5, 0.6) is 0 Å². The second kappa shape index (κ2) is 4.51. The Hall–Kier alpha value is -1.26. The number of rotatable bonds is 2. The van der Waals surface area contributed by atoms with E-state index >= 15 is 0 Å². The van der Waals surface area contributed by atoms with Crippen LogP contribution in [-0.2, 0) is 6.54 Å². The van der Waals surface area contributed by atoms with Crippen molar-refractivity contribution in [1.29, 1.82) is 0 Å². The van der Waals surface area contributed by atoms with Gasteiger partial charge in [-0.1, -0.05) is 28.1 Å². The van der Waals surface area contributed by atoms with Crippen LogP contribution in [-0.4, -0.2) is 9.97 Å². The molecule has 0 unspecified atom stereocenters. The van der Waals surface area contributed by atoms with Crippen molar-refractivity contribution in [2.45, 2.75) is 6.54 Å². The van der Waals surface area contributed by atoms with Crippen LogP contribution in [0.2, 0.25) is 0 Å². The van der Waals surface area contributed by atoms with Gasteiger partial charge in [0.1, 0.15) is 0 Å². The van der Waals surface area contributed by atoms with Crippen molar-refractivity contribution < 1.29 is 0 Å². The van der Waals surface area contributed by atoms with Gasteiger partial charge < -0.3 is 5.73 Å². The van der Waals surface area contributed by atoms with Gasteiger partial charge in [-0.3, -0.25) is 0 Å². The topological polar surface area (TPSA) is 51.8 Å². The smallest absolute Gasteiger partial charge is 0.159 e. The van der Waals surface area contributed by atoms with Crippen molar-refractivity contribution in [3.8, 4) is 11.4 Å². The molecule has 1 aromatic carbocycles. The first kappa shape index (κ1) is 10.3. The minimum atomic E-state index is 0.473. The van der Waals surface area contributed by atoms with E-state index in [4.69, 9.17) is 5.73 Å². The first-order chi connectivity index (χ1) is 7.29. The first-order valence-electron chi connectivity index (χ1n) is 4.56. The third-order valence-corrected chi connectivity index (χ3v) is 2.57. The zero-order valence-corrected chi connectivity index (χ0v) is 9.61. The molecule has 0 spiro atoms. The summed E-state index contributed by atoms with van der Waals surface area (Å²) in [5.41, 5.74) is 7.41. The summed E-state index contributed by atoms with van der Waals surface area (Å²) in [5, 5.41) is 0. The van der Waals surface area contributed by atoms with Crippen molar-refractivity contribution >= 4 is 15.9 Å². The largest absolute Gasteiger partial charge is 0.326 e. The van der Waals surface area contributed by atoms with Gasteiger partial charge in [-0.05, 0) is 12.1 Å². The molecule has 1 heterocycles. The summed E-state index contributed by atoms with van der Waals surface area (Å²) in [6.45, 7) is 0.473. The average Bonchev–Trinajstić information content (AvgIpc) is 2.30. The zero-order valence-electron chi connectivity index (χ0n) is 8.02. The monoisotopic (exact) mass is 263 g/mol. The number of hydrogen-bond donors (Lipinski definition) is 1. The Morgan fingerprint density at radius 1 is 1.07 bits per heavy atom. The zero-order chi connectivity index (χ0) is 10.7. The molecular formula is C11H10BrN3. The standard InChI is InChI=1S/C11H10BrN3/c12-10-3-1-9(2-4-10)11-14-6-8(5-13)7-15-11/h1-4,6-7H,5,13H2. The summed E-state index contributed by atoms with van der Waals surface area (Å²) in [6, 6.07) is 7.88. The molecule has 15 heavy (non-hydrogen) atoms. The fourth-order valence-corrected chi connectivity index (χ4v) is 1.47. The normalized spacial score (nSPS) is 10.3. The van der Waals surface area contributed by atoms with E-state index in [1.165, 1.54) is 0 Å². The van der Waals surface area contributed by atoms with Crippen LogP contribution in [0.1, 0.15) is 5.56 Å². The van der Waals surface area contributed by atoms with Crippen molar-refractivity contribution in [3.63, 3.8) is 0 Å². The Labute approximate surface area is 96.5 Å². The van der Waals surface area contributed by atoms with Gasteiger partial charge in [0.15, 0.2) is 5.82 Å². The third kappa shape index (κ3) is 2.40. The molecule has 0 saturated carbocycles. The Morgan fingerprint density at radius 3 is 2.20 bits per heavy atom. The molecule has 2 rings (SSSR count). The molecule has 0 bridgehead atoms. The summed E-state index contributed by atoms with van der Waals surface area (Å²) in [6.07, 6.45) is 3.51. The lowest BCUT2D eigenvalue weighted by atomic mass is 10.2. The Bertz CT molecular complexity index is 436. The van der Waals surface area contributed by atoms with E-state index in [0.29, 0.717) is 6.54 Å². The van der Waals surface area contributed by atoms with Crippen LogP contribution in [0.4, 0.5) is 0 Å². The molecule has 0 saturated heterocycles. The average molecular weight is 264 g/mol. The van der Waals surface area contributed by atoms with Gasteiger partial charge in [0.05, 0.1) is 0 Å². The Morgan fingerprint density at radius 2 is 1.67 bits per heavy atom. The molecule has 0 radical (unpaired) electrons. The molecule has 4 heteroatoms. The van der Waals surface area contributed by atoms with Gasteiger partial charge in [0.25, 0.3) is 0 Å². The number of hydrogen-bond acceptors (Lipinski definition) is 3. The SMILES string of the molecule is NCc1cnc(-c2ccc(Br)cc2)nc1. The highest BCUT2D eigenvalue weighted by atomic mass is 79.9. The molecule has 3 nitrogen and oxygen atoms in total. The molecular weight excluding hydrogens is 254 g/mol. The van der Waals surface area contributed by atoms with E-state index in [0.717, 1.165) is 21.4 Å². The maximum atomic E-state index is 5.47. The summed E-state index contributed by atoms with van der Waals surface area (Å²) in [5.74, 6) is 0.722. The fraction of sp³-hybridized carbons (Fsp3) is 0.0909. The summed E-state index contributed by atoms with van der Waals surface area (Å²) in [4.78, 5) is 8.49.